The molecule has 2 heterocycles. The molecule has 0 bridgehead atoms. The predicted octanol–water partition coefficient (Wildman–Crippen LogP) is 2.26. The van der Waals surface area contributed by atoms with Gasteiger partial charge in [-0.25, -0.2) is 0 Å². The first kappa shape index (κ1) is 16.0. The number of ether oxygens (including phenoxy) is 2. The van der Waals surface area contributed by atoms with E-state index in [0.717, 1.165) is 61.5 Å². The SMILES string of the molecule is COc1c(OCCCN2CCN(C)CC2)ccc2cccnc12. The topological polar surface area (TPSA) is 37.8 Å². The Morgan fingerprint density at radius 3 is 2.74 bits per heavy atom. The van der Waals surface area contributed by atoms with Gasteiger partial charge in [-0.3, -0.25) is 4.98 Å². The number of likely N-dealkylation sites (N-methyl/N-ethyl adjacent to an activating group) is 1. The van der Waals surface area contributed by atoms with Gasteiger partial charge in [-0.05, 0) is 31.7 Å². The van der Waals surface area contributed by atoms with Crippen LogP contribution in [0.25, 0.3) is 10.9 Å². The van der Waals surface area contributed by atoms with Crippen LogP contribution in [0.5, 0.6) is 11.5 Å². The molecule has 0 radical (unpaired) electrons. The summed E-state index contributed by atoms with van der Waals surface area (Å²) in [6.45, 7) is 6.40. The summed E-state index contributed by atoms with van der Waals surface area (Å²) in [5.41, 5.74) is 0.853. The first-order valence-electron chi connectivity index (χ1n) is 8.23. The van der Waals surface area contributed by atoms with Crippen molar-refractivity contribution in [3.8, 4) is 11.5 Å². The quantitative estimate of drug-likeness (QED) is 0.765. The molecule has 5 heteroatoms. The molecule has 1 fully saturated rings. The lowest BCUT2D eigenvalue weighted by Gasteiger charge is -2.32. The molecule has 1 aromatic heterocycles. The lowest BCUT2D eigenvalue weighted by Crippen LogP contribution is -2.44. The van der Waals surface area contributed by atoms with E-state index in [4.69, 9.17) is 9.47 Å². The monoisotopic (exact) mass is 315 g/mol. The second-order valence-electron chi connectivity index (χ2n) is 6.02. The fraction of sp³-hybridized carbons (Fsp3) is 0.500. The molecule has 0 spiro atoms. The lowest BCUT2D eigenvalue weighted by molar-refractivity contribution is 0.145. The van der Waals surface area contributed by atoms with Gasteiger partial charge in [0.1, 0.15) is 5.52 Å². The smallest absolute Gasteiger partial charge is 0.187 e. The highest BCUT2D eigenvalue weighted by Crippen LogP contribution is 2.34. The number of benzene rings is 1. The van der Waals surface area contributed by atoms with Crippen molar-refractivity contribution in [2.45, 2.75) is 6.42 Å². The molecule has 3 rings (SSSR count). The van der Waals surface area contributed by atoms with E-state index in [1.54, 1.807) is 13.3 Å². The highest BCUT2D eigenvalue weighted by Gasteiger charge is 2.14. The van der Waals surface area contributed by atoms with Crippen molar-refractivity contribution in [3.05, 3.63) is 30.5 Å². The van der Waals surface area contributed by atoms with Gasteiger partial charge in [-0.1, -0.05) is 6.07 Å². The molecule has 0 atom stereocenters. The molecule has 0 unspecified atom stereocenters. The maximum atomic E-state index is 5.95. The Morgan fingerprint density at radius 2 is 1.96 bits per heavy atom. The molecule has 0 N–H and O–H groups in total. The van der Waals surface area contributed by atoms with Gasteiger partial charge in [0.25, 0.3) is 0 Å². The van der Waals surface area contributed by atoms with Gasteiger partial charge in [-0.15, -0.1) is 0 Å². The van der Waals surface area contributed by atoms with Crippen molar-refractivity contribution in [2.75, 3.05) is 53.5 Å². The van der Waals surface area contributed by atoms with Crippen LogP contribution in [0.2, 0.25) is 0 Å². The average molecular weight is 315 g/mol. The summed E-state index contributed by atoms with van der Waals surface area (Å²) in [6.07, 6.45) is 2.80. The maximum Gasteiger partial charge on any atom is 0.187 e. The lowest BCUT2D eigenvalue weighted by atomic mass is 10.2. The van der Waals surface area contributed by atoms with E-state index in [0.29, 0.717) is 6.61 Å². The van der Waals surface area contributed by atoms with Gasteiger partial charge in [0, 0.05) is 44.3 Å². The van der Waals surface area contributed by atoms with Crippen molar-refractivity contribution in [1.82, 2.24) is 14.8 Å². The number of piperazine rings is 1. The fourth-order valence-electron chi connectivity index (χ4n) is 2.95. The van der Waals surface area contributed by atoms with Crippen LogP contribution in [0.1, 0.15) is 6.42 Å². The number of nitrogens with zero attached hydrogens (tertiary/aromatic N) is 3. The Labute approximate surface area is 137 Å². The minimum atomic E-state index is 0.695. The highest BCUT2D eigenvalue weighted by atomic mass is 16.5. The van der Waals surface area contributed by atoms with Crippen LogP contribution >= 0.6 is 0 Å². The van der Waals surface area contributed by atoms with Gasteiger partial charge < -0.3 is 19.3 Å². The molecule has 23 heavy (non-hydrogen) atoms. The molecule has 0 aliphatic carbocycles. The molecule has 0 saturated carbocycles. The molecule has 5 nitrogen and oxygen atoms in total. The zero-order chi connectivity index (χ0) is 16.1. The molecule has 1 saturated heterocycles. The van der Waals surface area contributed by atoms with E-state index < -0.39 is 0 Å². The third-order valence-electron chi connectivity index (χ3n) is 4.37. The standard InChI is InChI=1S/C18H25N3O2/c1-20-10-12-21(13-11-20)9-4-14-23-16-7-6-15-5-3-8-19-17(15)18(16)22-2/h3,5-8H,4,9-14H2,1-2H3. The molecular weight excluding hydrogens is 290 g/mol. The Morgan fingerprint density at radius 1 is 1.13 bits per heavy atom. The Balaban J connectivity index is 1.55. The summed E-state index contributed by atoms with van der Waals surface area (Å²) in [5.74, 6) is 1.50. The van der Waals surface area contributed by atoms with Gasteiger partial charge in [0.15, 0.2) is 11.5 Å². The third kappa shape index (κ3) is 3.92. The van der Waals surface area contributed by atoms with Crippen LogP contribution < -0.4 is 9.47 Å². The van der Waals surface area contributed by atoms with Crippen molar-refractivity contribution in [2.24, 2.45) is 0 Å². The second-order valence-corrected chi connectivity index (χ2v) is 6.02. The summed E-state index contributed by atoms with van der Waals surface area (Å²) in [5, 5.41) is 1.06. The number of fused-ring (bicyclic) bond motifs is 1. The third-order valence-corrected chi connectivity index (χ3v) is 4.37. The van der Waals surface area contributed by atoms with Crippen LogP contribution in [-0.4, -0.2) is 68.3 Å². The molecular formula is C18H25N3O2. The van der Waals surface area contributed by atoms with Crippen LogP contribution in [0.3, 0.4) is 0 Å². The predicted molar refractivity (Wildman–Crippen MR) is 92.3 cm³/mol. The average Bonchev–Trinajstić information content (AvgIpc) is 2.59. The Kier molecular flexibility index (Phi) is 5.31. The summed E-state index contributed by atoms with van der Waals surface area (Å²) in [7, 11) is 3.85. The van der Waals surface area contributed by atoms with E-state index in [2.05, 4.69) is 21.8 Å². The number of hydrogen-bond acceptors (Lipinski definition) is 5. The van der Waals surface area contributed by atoms with E-state index in [1.165, 1.54) is 0 Å². The molecule has 1 aliphatic rings. The van der Waals surface area contributed by atoms with Crippen LogP contribution in [0, 0.1) is 0 Å². The first-order chi connectivity index (χ1) is 11.3. The number of pyridine rings is 1. The summed E-state index contributed by atoms with van der Waals surface area (Å²) < 4.78 is 11.5. The van der Waals surface area contributed by atoms with Crippen molar-refractivity contribution in [1.29, 1.82) is 0 Å². The van der Waals surface area contributed by atoms with E-state index >= 15 is 0 Å². The Hall–Kier alpha value is -1.85. The van der Waals surface area contributed by atoms with Crippen molar-refractivity contribution < 1.29 is 9.47 Å². The molecule has 2 aromatic rings. The summed E-state index contributed by atoms with van der Waals surface area (Å²) in [4.78, 5) is 9.28. The number of hydrogen-bond donors (Lipinski definition) is 0. The fourth-order valence-corrected chi connectivity index (χ4v) is 2.95. The van der Waals surface area contributed by atoms with Crippen LogP contribution in [0.15, 0.2) is 30.5 Å². The van der Waals surface area contributed by atoms with Crippen molar-refractivity contribution >= 4 is 10.9 Å². The molecule has 124 valence electrons. The zero-order valence-corrected chi connectivity index (χ0v) is 14.0. The van der Waals surface area contributed by atoms with Gasteiger partial charge in [-0.2, -0.15) is 0 Å². The largest absolute Gasteiger partial charge is 0.491 e. The number of aromatic nitrogens is 1. The minimum absolute atomic E-state index is 0.695. The molecule has 0 amide bonds. The molecule has 1 aromatic carbocycles. The highest BCUT2D eigenvalue weighted by molar-refractivity contribution is 5.86. The zero-order valence-electron chi connectivity index (χ0n) is 14.0. The maximum absolute atomic E-state index is 5.95. The Bertz CT molecular complexity index is 639. The number of methoxy groups -OCH3 is 1. The normalized spacial score (nSPS) is 16.6. The summed E-state index contributed by atoms with van der Waals surface area (Å²) in [6, 6.07) is 7.96. The van der Waals surface area contributed by atoms with Gasteiger partial charge in [0.2, 0.25) is 0 Å². The number of rotatable bonds is 6. The summed E-state index contributed by atoms with van der Waals surface area (Å²) >= 11 is 0. The minimum Gasteiger partial charge on any atom is -0.491 e. The van der Waals surface area contributed by atoms with Crippen LogP contribution in [-0.2, 0) is 0 Å². The van der Waals surface area contributed by atoms with E-state index in [-0.39, 0.29) is 0 Å². The molecule has 1 aliphatic heterocycles. The van der Waals surface area contributed by atoms with Gasteiger partial charge in [0.05, 0.1) is 13.7 Å². The van der Waals surface area contributed by atoms with Gasteiger partial charge >= 0.3 is 0 Å². The van der Waals surface area contributed by atoms with E-state index in [1.807, 2.05) is 24.3 Å². The first-order valence-corrected chi connectivity index (χ1v) is 8.23. The van der Waals surface area contributed by atoms with Crippen molar-refractivity contribution in [3.63, 3.8) is 0 Å². The van der Waals surface area contributed by atoms with E-state index in [9.17, 15) is 0 Å². The van der Waals surface area contributed by atoms with Crippen LogP contribution in [0.4, 0.5) is 0 Å². The second kappa shape index (κ2) is 7.62.